The summed E-state index contributed by atoms with van der Waals surface area (Å²) >= 11 is 0. The second-order valence-electron chi connectivity index (χ2n) is 6.35. The molecule has 2 aromatic carbocycles. The van der Waals surface area contributed by atoms with Gasteiger partial charge in [-0.2, -0.15) is 0 Å². The van der Waals surface area contributed by atoms with E-state index in [9.17, 15) is 24.1 Å². The molecule has 0 radical (unpaired) electrons. The number of nitro benzene ring substituents is 1. The lowest BCUT2D eigenvalue weighted by molar-refractivity contribution is -0.384. The van der Waals surface area contributed by atoms with Gasteiger partial charge in [-0.3, -0.25) is 19.7 Å². The van der Waals surface area contributed by atoms with Crippen molar-refractivity contribution in [2.24, 2.45) is 0 Å². The molecule has 1 aliphatic heterocycles. The number of nitrogens with one attached hydrogen (secondary N) is 3. The van der Waals surface area contributed by atoms with Crippen LogP contribution in [0.2, 0.25) is 0 Å². The fraction of sp³-hybridized carbons (Fsp3) is 0.263. The number of hydrogen-bond donors (Lipinski definition) is 3. The lowest BCUT2D eigenvalue weighted by Crippen LogP contribution is -2.28. The Morgan fingerprint density at radius 2 is 1.93 bits per heavy atom. The molecule has 0 unspecified atom stereocenters. The minimum absolute atomic E-state index is 0.0310. The number of anilines is 1. The highest BCUT2D eigenvalue weighted by atomic mass is 19.1. The van der Waals surface area contributed by atoms with Crippen LogP contribution < -0.4 is 16.0 Å². The molecule has 1 heterocycles. The first-order valence-electron chi connectivity index (χ1n) is 8.79. The standard InChI is InChI=1S/C19H19FN4O4/c20-18-15-7-9-21-11-13(15)3-6-16(18)23-17(25)8-10-22-19(26)12-1-4-14(5-2-12)24(27)28/h1-6,21H,7-11H2,(H,22,26)(H,23,25). The summed E-state index contributed by atoms with van der Waals surface area (Å²) in [6.45, 7) is 1.35. The first-order valence-corrected chi connectivity index (χ1v) is 8.79. The summed E-state index contributed by atoms with van der Waals surface area (Å²) in [5.41, 5.74) is 1.77. The number of rotatable bonds is 6. The third-order valence-electron chi connectivity index (χ3n) is 4.46. The number of benzene rings is 2. The first kappa shape index (κ1) is 19.4. The van der Waals surface area contributed by atoms with Crippen LogP contribution in [0.25, 0.3) is 0 Å². The number of amides is 2. The van der Waals surface area contributed by atoms with Crippen molar-refractivity contribution in [1.82, 2.24) is 10.6 Å². The fourth-order valence-corrected chi connectivity index (χ4v) is 2.97. The number of halogens is 1. The van der Waals surface area contributed by atoms with Crippen molar-refractivity contribution < 1.29 is 18.9 Å². The second-order valence-corrected chi connectivity index (χ2v) is 6.35. The van der Waals surface area contributed by atoms with Crippen LogP contribution in [0, 0.1) is 15.9 Å². The summed E-state index contributed by atoms with van der Waals surface area (Å²) < 4.78 is 14.5. The fourth-order valence-electron chi connectivity index (χ4n) is 2.97. The molecule has 0 aliphatic carbocycles. The molecule has 0 spiro atoms. The maximum atomic E-state index is 14.5. The van der Waals surface area contributed by atoms with Crippen molar-refractivity contribution >= 4 is 23.2 Å². The third kappa shape index (κ3) is 4.49. The monoisotopic (exact) mass is 386 g/mol. The summed E-state index contributed by atoms with van der Waals surface area (Å²) in [5, 5.41) is 18.9. The summed E-state index contributed by atoms with van der Waals surface area (Å²) in [7, 11) is 0. The van der Waals surface area contributed by atoms with Crippen LogP contribution in [0.5, 0.6) is 0 Å². The van der Waals surface area contributed by atoms with Crippen LogP contribution in [0.15, 0.2) is 36.4 Å². The van der Waals surface area contributed by atoms with Crippen molar-refractivity contribution in [3.05, 3.63) is 69.0 Å². The molecular formula is C19H19FN4O4. The predicted molar refractivity (Wildman–Crippen MR) is 100 cm³/mol. The Balaban J connectivity index is 1.51. The molecule has 0 aromatic heterocycles. The van der Waals surface area contributed by atoms with E-state index in [1.54, 1.807) is 6.07 Å². The van der Waals surface area contributed by atoms with E-state index in [4.69, 9.17) is 0 Å². The largest absolute Gasteiger partial charge is 0.352 e. The molecule has 0 saturated heterocycles. The minimum Gasteiger partial charge on any atom is -0.352 e. The predicted octanol–water partition coefficient (Wildman–Crippen LogP) is 2.14. The van der Waals surface area contributed by atoms with Crippen LogP contribution >= 0.6 is 0 Å². The molecule has 2 aromatic rings. The third-order valence-corrected chi connectivity index (χ3v) is 4.46. The van der Waals surface area contributed by atoms with Gasteiger partial charge in [0.05, 0.1) is 10.6 Å². The Bertz CT molecular complexity index is 915. The summed E-state index contributed by atoms with van der Waals surface area (Å²) in [4.78, 5) is 34.1. The van der Waals surface area contributed by atoms with Gasteiger partial charge in [0.2, 0.25) is 5.91 Å². The van der Waals surface area contributed by atoms with Gasteiger partial charge in [-0.15, -0.1) is 0 Å². The molecule has 28 heavy (non-hydrogen) atoms. The van der Waals surface area contributed by atoms with Crippen molar-refractivity contribution in [2.75, 3.05) is 18.4 Å². The van der Waals surface area contributed by atoms with E-state index in [-0.39, 0.29) is 29.9 Å². The number of non-ortho nitro benzene ring substituents is 1. The molecule has 146 valence electrons. The van der Waals surface area contributed by atoms with Crippen molar-refractivity contribution in [1.29, 1.82) is 0 Å². The van der Waals surface area contributed by atoms with E-state index < -0.39 is 22.6 Å². The van der Waals surface area contributed by atoms with E-state index in [0.29, 0.717) is 25.1 Å². The number of nitro groups is 1. The topological polar surface area (TPSA) is 113 Å². The number of hydrogen-bond acceptors (Lipinski definition) is 5. The molecule has 0 bridgehead atoms. The quantitative estimate of drug-likeness (QED) is 0.520. The summed E-state index contributed by atoms with van der Waals surface area (Å²) in [6.07, 6.45) is 0.535. The lowest BCUT2D eigenvalue weighted by atomic mass is 9.99. The average molecular weight is 386 g/mol. The van der Waals surface area contributed by atoms with E-state index in [0.717, 1.165) is 5.56 Å². The highest BCUT2D eigenvalue weighted by Gasteiger charge is 2.17. The molecule has 3 rings (SSSR count). The molecule has 3 N–H and O–H groups in total. The zero-order valence-electron chi connectivity index (χ0n) is 15.0. The van der Waals surface area contributed by atoms with Gasteiger partial charge in [-0.25, -0.2) is 4.39 Å². The molecule has 0 saturated carbocycles. The Hall–Kier alpha value is -3.33. The molecular weight excluding hydrogens is 367 g/mol. The van der Waals surface area contributed by atoms with Gasteiger partial charge in [0, 0.05) is 37.2 Å². The lowest BCUT2D eigenvalue weighted by Gasteiger charge is -2.19. The van der Waals surface area contributed by atoms with Crippen LogP contribution in [0.3, 0.4) is 0 Å². The molecule has 1 aliphatic rings. The number of fused-ring (bicyclic) bond motifs is 1. The number of carbonyl (C=O) groups is 2. The Morgan fingerprint density at radius 3 is 2.64 bits per heavy atom. The summed E-state index contributed by atoms with van der Waals surface area (Å²) in [6, 6.07) is 8.47. The van der Waals surface area contributed by atoms with Crippen molar-refractivity contribution in [3.8, 4) is 0 Å². The number of carbonyl (C=O) groups excluding carboxylic acids is 2. The van der Waals surface area contributed by atoms with Gasteiger partial charge < -0.3 is 16.0 Å². The molecule has 0 atom stereocenters. The first-order chi connectivity index (χ1) is 13.5. The van der Waals surface area contributed by atoms with E-state index in [1.807, 2.05) is 0 Å². The van der Waals surface area contributed by atoms with Crippen LogP contribution in [0.1, 0.15) is 27.9 Å². The second kappa shape index (κ2) is 8.57. The van der Waals surface area contributed by atoms with Crippen LogP contribution in [-0.4, -0.2) is 29.8 Å². The molecule has 0 fully saturated rings. The van der Waals surface area contributed by atoms with Crippen molar-refractivity contribution in [3.63, 3.8) is 0 Å². The zero-order chi connectivity index (χ0) is 20.1. The van der Waals surface area contributed by atoms with Crippen molar-refractivity contribution in [2.45, 2.75) is 19.4 Å². The van der Waals surface area contributed by atoms with E-state index in [2.05, 4.69) is 16.0 Å². The van der Waals surface area contributed by atoms with Gasteiger partial charge in [0.15, 0.2) is 0 Å². The molecule has 9 heteroatoms. The van der Waals surface area contributed by atoms with Crippen LogP contribution in [-0.2, 0) is 17.8 Å². The SMILES string of the molecule is O=C(CCNC(=O)c1ccc([N+](=O)[O-])cc1)Nc1ccc2c(c1F)CCNC2. The minimum atomic E-state index is -0.553. The Morgan fingerprint density at radius 1 is 1.18 bits per heavy atom. The van der Waals surface area contributed by atoms with E-state index in [1.165, 1.54) is 30.3 Å². The van der Waals surface area contributed by atoms with Crippen LogP contribution in [0.4, 0.5) is 15.8 Å². The van der Waals surface area contributed by atoms with Gasteiger partial charge in [0.1, 0.15) is 5.82 Å². The maximum absolute atomic E-state index is 14.5. The van der Waals surface area contributed by atoms with Gasteiger partial charge in [0.25, 0.3) is 11.6 Å². The van der Waals surface area contributed by atoms with Gasteiger partial charge in [-0.1, -0.05) is 6.07 Å². The normalized spacial score (nSPS) is 12.8. The average Bonchev–Trinajstić information content (AvgIpc) is 2.70. The van der Waals surface area contributed by atoms with Gasteiger partial charge >= 0.3 is 0 Å². The highest BCUT2D eigenvalue weighted by molar-refractivity contribution is 5.95. The Kier molecular flexibility index (Phi) is 5.95. The molecule has 2 amide bonds. The highest BCUT2D eigenvalue weighted by Crippen LogP contribution is 2.24. The Labute approximate surface area is 160 Å². The zero-order valence-corrected chi connectivity index (χ0v) is 15.0. The molecule has 8 nitrogen and oxygen atoms in total. The van der Waals surface area contributed by atoms with E-state index >= 15 is 0 Å². The maximum Gasteiger partial charge on any atom is 0.269 e. The number of nitrogens with zero attached hydrogens (tertiary/aromatic N) is 1. The summed E-state index contributed by atoms with van der Waals surface area (Å²) in [5.74, 6) is -1.28. The van der Waals surface area contributed by atoms with Gasteiger partial charge in [-0.05, 0) is 42.3 Å². The smallest absolute Gasteiger partial charge is 0.269 e.